The Morgan fingerprint density at radius 1 is 1.11 bits per heavy atom. The quantitative estimate of drug-likeness (QED) is 0.292. The molecule has 9 nitrogen and oxygen atoms in total. The number of halogens is 3. The fourth-order valence-corrected chi connectivity index (χ4v) is 3.59. The van der Waals surface area contributed by atoms with Crippen LogP contribution < -0.4 is 4.74 Å². The fourth-order valence-electron chi connectivity index (χ4n) is 3.59. The first-order valence-corrected chi connectivity index (χ1v) is 11.1. The Morgan fingerprint density at radius 3 is 2.55 bits per heavy atom. The maximum absolute atomic E-state index is 10.6. The van der Waals surface area contributed by atoms with Gasteiger partial charge in [-0.3, -0.25) is 4.68 Å². The number of fused-ring (bicyclic) bond motifs is 1. The molecule has 0 amide bonds. The van der Waals surface area contributed by atoms with Gasteiger partial charge < -0.3 is 14.8 Å². The summed E-state index contributed by atoms with van der Waals surface area (Å²) >= 11 is 0. The van der Waals surface area contributed by atoms with Crippen LogP contribution in [-0.2, 0) is 4.79 Å². The molecule has 5 rings (SSSR count). The minimum atomic E-state index is -5.08. The Labute approximate surface area is 213 Å². The van der Waals surface area contributed by atoms with Gasteiger partial charge in [-0.15, -0.1) is 0 Å². The maximum Gasteiger partial charge on any atom is 0.490 e. The van der Waals surface area contributed by atoms with E-state index >= 15 is 0 Å². The number of ether oxygens (including phenoxy) is 1. The SMILES string of the molecule is N#CCC(c1cccc(Oc2ccccc2)c1)n1cc(-c2ncnc3[nH]ccc23)cn1.O=C(O)C(F)(F)F. The molecule has 0 aliphatic heterocycles. The second-order valence-electron chi connectivity index (χ2n) is 7.84. The molecule has 3 heterocycles. The summed E-state index contributed by atoms with van der Waals surface area (Å²) in [5.41, 5.74) is 3.39. The van der Waals surface area contributed by atoms with Crippen LogP contribution in [-0.4, -0.2) is 42.0 Å². The molecule has 192 valence electrons. The van der Waals surface area contributed by atoms with Gasteiger partial charge in [-0.1, -0.05) is 30.3 Å². The largest absolute Gasteiger partial charge is 0.490 e. The van der Waals surface area contributed by atoms with E-state index < -0.39 is 12.1 Å². The number of benzene rings is 2. The lowest BCUT2D eigenvalue weighted by Gasteiger charge is -2.16. The van der Waals surface area contributed by atoms with Crippen molar-refractivity contribution in [3.8, 4) is 28.8 Å². The summed E-state index contributed by atoms with van der Waals surface area (Å²) in [6.45, 7) is 0. The van der Waals surface area contributed by atoms with Gasteiger partial charge in [-0.05, 0) is 35.9 Å². The Bertz CT molecular complexity index is 1570. The van der Waals surface area contributed by atoms with Crippen LogP contribution in [0.2, 0.25) is 0 Å². The van der Waals surface area contributed by atoms with Gasteiger partial charge in [-0.2, -0.15) is 23.5 Å². The standard InChI is InChI=1S/C24H18N6O.C2HF3O2/c25-11-9-22(17-5-4-8-20(13-17)31-19-6-2-1-3-7-19)30-15-18(14-29-30)23-21-10-12-26-24(21)28-16-27-23;3-2(4,5)1(6)7/h1-8,10,12-16,22H,9H2,(H,26,27,28);(H,6,7). The number of hydrogen-bond acceptors (Lipinski definition) is 6. The number of aromatic nitrogens is 5. The van der Waals surface area contributed by atoms with Crippen LogP contribution in [0, 0.1) is 11.3 Å². The van der Waals surface area contributed by atoms with Crippen molar-refractivity contribution in [3.05, 3.63) is 91.1 Å². The fraction of sp³-hybridized carbons (Fsp3) is 0.115. The van der Waals surface area contributed by atoms with E-state index in [4.69, 9.17) is 14.6 Å². The number of carboxylic acid groups (broad SMARTS) is 1. The Hall–Kier alpha value is -5.18. The molecular weight excluding hydrogens is 501 g/mol. The molecule has 1 atom stereocenters. The number of hydrogen-bond donors (Lipinski definition) is 2. The highest BCUT2D eigenvalue weighted by Crippen LogP contribution is 2.30. The van der Waals surface area contributed by atoms with Crippen LogP contribution in [0.25, 0.3) is 22.3 Å². The molecular formula is C26H19F3N6O3. The van der Waals surface area contributed by atoms with Crippen molar-refractivity contribution in [2.45, 2.75) is 18.6 Å². The number of nitrogens with one attached hydrogen (secondary N) is 1. The Balaban J connectivity index is 0.000000426. The number of carbonyl (C=O) groups is 1. The summed E-state index contributed by atoms with van der Waals surface area (Å²) in [4.78, 5) is 20.7. The van der Waals surface area contributed by atoms with Crippen molar-refractivity contribution in [1.29, 1.82) is 5.26 Å². The molecule has 2 aromatic carbocycles. The molecule has 3 aromatic heterocycles. The monoisotopic (exact) mass is 520 g/mol. The zero-order valence-corrected chi connectivity index (χ0v) is 19.5. The second kappa shape index (κ2) is 11.3. The van der Waals surface area contributed by atoms with E-state index in [-0.39, 0.29) is 12.5 Å². The van der Waals surface area contributed by atoms with Gasteiger partial charge in [0.05, 0.1) is 30.4 Å². The van der Waals surface area contributed by atoms with Gasteiger partial charge in [0.2, 0.25) is 0 Å². The molecule has 1 unspecified atom stereocenters. The lowest BCUT2D eigenvalue weighted by atomic mass is 10.0. The summed E-state index contributed by atoms with van der Waals surface area (Å²) in [5.74, 6) is -1.28. The number of para-hydroxylation sites is 1. The van der Waals surface area contributed by atoms with Crippen molar-refractivity contribution in [2.75, 3.05) is 0 Å². The highest BCUT2D eigenvalue weighted by Gasteiger charge is 2.38. The lowest BCUT2D eigenvalue weighted by Crippen LogP contribution is -2.21. The van der Waals surface area contributed by atoms with Crippen molar-refractivity contribution in [1.82, 2.24) is 24.7 Å². The van der Waals surface area contributed by atoms with E-state index in [1.165, 1.54) is 6.33 Å². The molecule has 0 bridgehead atoms. The third-order valence-electron chi connectivity index (χ3n) is 5.30. The van der Waals surface area contributed by atoms with Gasteiger partial charge in [0, 0.05) is 23.3 Å². The predicted octanol–water partition coefficient (Wildman–Crippen LogP) is 5.75. The number of H-pyrrole nitrogens is 1. The van der Waals surface area contributed by atoms with Crippen LogP contribution in [0.4, 0.5) is 13.2 Å². The zero-order valence-electron chi connectivity index (χ0n) is 19.5. The van der Waals surface area contributed by atoms with Gasteiger partial charge in [0.25, 0.3) is 0 Å². The molecule has 0 saturated carbocycles. The normalized spacial score (nSPS) is 11.7. The van der Waals surface area contributed by atoms with E-state index in [1.54, 1.807) is 10.9 Å². The second-order valence-corrected chi connectivity index (χ2v) is 7.84. The molecule has 0 saturated heterocycles. The number of aromatic amines is 1. The molecule has 0 radical (unpaired) electrons. The van der Waals surface area contributed by atoms with E-state index in [9.17, 15) is 18.4 Å². The predicted molar refractivity (Wildman–Crippen MR) is 130 cm³/mol. The number of nitriles is 1. The molecule has 5 aromatic rings. The van der Waals surface area contributed by atoms with Crippen molar-refractivity contribution in [2.24, 2.45) is 0 Å². The number of rotatable bonds is 6. The summed E-state index contributed by atoms with van der Waals surface area (Å²) in [6, 6.07) is 21.3. The Morgan fingerprint density at radius 2 is 1.84 bits per heavy atom. The molecule has 38 heavy (non-hydrogen) atoms. The van der Waals surface area contributed by atoms with E-state index in [0.29, 0.717) is 5.75 Å². The van der Waals surface area contributed by atoms with E-state index in [0.717, 1.165) is 33.6 Å². The number of nitrogens with zero attached hydrogens (tertiary/aromatic N) is 5. The maximum atomic E-state index is 10.6. The molecule has 0 fully saturated rings. The first kappa shape index (κ1) is 25.9. The average Bonchev–Trinajstić information content (AvgIpc) is 3.58. The van der Waals surface area contributed by atoms with Gasteiger partial charge >= 0.3 is 12.1 Å². The third kappa shape index (κ3) is 6.14. The number of alkyl halides is 3. The molecule has 2 N–H and O–H groups in total. The Kier molecular flexibility index (Phi) is 7.67. The zero-order chi connectivity index (χ0) is 27.1. The minimum Gasteiger partial charge on any atom is -0.475 e. The van der Waals surface area contributed by atoms with Crippen molar-refractivity contribution >= 4 is 17.0 Å². The first-order valence-electron chi connectivity index (χ1n) is 11.1. The molecule has 0 aliphatic carbocycles. The smallest absolute Gasteiger partial charge is 0.475 e. The van der Waals surface area contributed by atoms with Crippen LogP contribution in [0.5, 0.6) is 11.5 Å². The van der Waals surface area contributed by atoms with Gasteiger partial charge in [-0.25, -0.2) is 14.8 Å². The molecule has 12 heteroatoms. The first-order chi connectivity index (χ1) is 18.3. The van der Waals surface area contributed by atoms with Gasteiger partial charge in [0.15, 0.2) is 0 Å². The van der Waals surface area contributed by atoms with Crippen molar-refractivity contribution in [3.63, 3.8) is 0 Å². The molecule has 0 aliphatic rings. The molecule has 0 spiro atoms. The summed E-state index contributed by atoms with van der Waals surface area (Å²) in [6.07, 6.45) is 2.25. The summed E-state index contributed by atoms with van der Waals surface area (Å²) < 4.78 is 39.5. The lowest BCUT2D eigenvalue weighted by molar-refractivity contribution is -0.192. The van der Waals surface area contributed by atoms with E-state index in [1.807, 2.05) is 73.1 Å². The van der Waals surface area contributed by atoms with Crippen LogP contribution >= 0.6 is 0 Å². The number of aliphatic carboxylic acids is 1. The van der Waals surface area contributed by atoms with E-state index in [2.05, 4.69) is 26.1 Å². The summed E-state index contributed by atoms with van der Waals surface area (Å²) in [5, 5.41) is 22.1. The average molecular weight is 520 g/mol. The number of carboxylic acids is 1. The topological polar surface area (TPSA) is 130 Å². The minimum absolute atomic E-state index is 0.248. The van der Waals surface area contributed by atoms with Crippen LogP contribution in [0.15, 0.2) is 85.6 Å². The van der Waals surface area contributed by atoms with Crippen LogP contribution in [0.1, 0.15) is 18.0 Å². The van der Waals surface area contributed by atoms with Crippen LogP contribution in [0.3, 0.4) is 0 Å². The van der Waals surface area contributed by atoms with Gasteiger partial charge in [0.1, 0.15) is 23.5 Å². The highest BCUT2D eigenvalue weighted by atomic mass is 19.4. The summed E-state index contributed by atoms with van der Waals surface area (Å²) in [7, 11) is 0. The highest BCUT2D eigenvalue weighted by molar-refractivity contribution is 5.90. The van der Waals surface area contributed by atoms with Crippen molar-refractivity contribution < 1.29 is 27.8 Å². The third-order valence-corrected chi connectivity index (χ3v) is 5.30.